The normalized spacial score (nSPS) is 15.7. The second kappa shape index (κ2) is 10.1. The molecule has 12 nitrogen and oxygen atoms in total. The number of carboxylic acid groups (broad SMARTS) is 1. The van der Waals surface area contributed by atoms with Crippen LogP contribution in [0, 0.1) is 11.6 Å². The lowest BCUT2D eigenvalue weighted by molar-refractivity contribution is -0.138. The summed E-state index contributed by atoms with van der Waals surface area (Å²) in [5.41, 5.74) is -0.451. The van der Waals surface area contributed by atoms with Gasteiger partial charge in [0.1, 0.15) is 5.82 Å². The number of piperazine rings is 1. The molecule has 2 aromatic rings. The molecule has 3 rings (SSSR count). The van der Waals surface area contributed by atoms with Gasteiger partial charge in [-0.2, -0.15) is 22.7 Å². The largest absolute Gasteiger partial charge is 0.481 e. The molecule has 0 atom stereocenters. The molecular formula is C18H21F2N5O7S2. The van der Waals surface area contributed by atoms with Gasteiger partial charge in [0.05, 0.1) is 19.4 Å². The minimum absolute atomic E-state index is 0.00512. The Hall–Kier alpha value is -2.95. The van der Waals surface area contributed by atoms with Crippen LogP contribution < -0.4 is 9.46 Å². The number of sulfone groups is 1. The number of carboxylic acids is 1. The molecule has 16 heteroatoms. The van der Waals surface area contributed by atoms with Gasteiger partial charge in [-0.05, 0) is 6.07 Å². The van der Waals surface area contributed by atoms with Crippen molar-refractivity contribution in [2.45, 2.75) is 10.9 Å². The molecule has 1 aliphatic heterocycles. The highest BCUT2D eigenvalue weighted by atomic mass is 32.2. The number of anilines is 1. The van der Waals surface area contributed by atoms with Gasteiger partial charge in [0.2, 0.25) is 15.7 Å². The number of hydrogen-bond donors (Lipinski definition) is 2. The Morgan fingerprint density at radius 1 is 1.15 bits per heavy atom. The van der Waals surface area contributed by atoms with E-state index in [4.69, 9.17) is 9.84 Å². The summed E-state index contributed by atoms with van der Waals surface area (Å²) in [4.78, 5) is 19.8. The third-order valence-electron chi connectivity index (χ3n) is 4.81. The number of aliphatic carboxylic acids is 1. The summed E-state index contributed by atoms with van der Waals surface area (Å²) in [6, 6.07) is 4.12. The van der Waals surface area contributed by atoms with E-state index < -0.39 is 59.9 Å². The average molecular weight is 522 g/mol. The molecule has 2 heterocycles. The molecule has 186 valence electrons. The number of nitrogens with one attached hydrogen (secondary N) is 1. The first kappa shape index (κ1) is 25.7. The molecule has 0 amide bonds. The number of halogens is 2. The van der Waals surface area contributed by atoms with Crippen molar-refractivity contribution in [2.24, 2.45) is 0 Å². The Labute approximate surface area is 194 Å². The van der Waals surface area contributed by atoms with Crippen LogP contribution >= 0.6 is 0 Å². The zero-order chi connectivity index (χ0) is 25.1. The van der Waals surface area contributed by atoms with Crippen molar-refractivity contribution in [3.63, 3.8) is 0 Å². The molecule has 2 N–H and O–H groups in total. The molecule has 0 bridgehead atoms. The van der Waals surface area contributed by atoms with E-state index >= 15 is 0 Å². The third kappa shape index (κ3) is 6.13. The Kier molecular flexibility index (Phi) is 7.64. The van der Waals surface area contributed by atoms with Gasteiger partial charge in [0.25, 0.3) is 5.16 Å². The number of nitrogens with zero attached hydrogens (tertiary/aromatic N) is 4. The smallest absolute Gasteiger partial charge is 0.317 e. The Morgan fingerprint density at radius 3 is 2.44 bits per heavy atom. The van der Waals surface area contributed by atoms with Crippen LogP contribution in [-0.4, -0.2) is 86.9 Å². The number of aromatic nitrogens is 2. The first-order valence-corrected chi connectivity index (χ1v) is 12.8. The average Bonchev–Trinajstić information content (AvgIpc) is 2.76. The Morgan fingerprint density at radius 2 is 1.82 bits per heavy atom. The van der Waals surface area contributed by atoms with Crippen molar-refractivity contribution in [1.29, 1.82) is 0 Å². The van der Waals surface area contributed by atoms with E-state index in [0.29, 0.717) is 0 Å². The Bertz CT molecular complexity index is 1280. The first-order chi connectivity index (χ1) is 15.9. The number of carbonyl (C=O) groups is 1. The second-order valence-corrected chi connectivity index (χ2v) is 10.8. The van der Waals surface area contributed by atoms with Crippen molar-refractivity contribution in [3.8, 4) is 5.88 Å². The van der Waals surface area contributed by atoms with Crippen molar-refractivity contribution in [1.82, 2.24) is 19.2 Å². The monoisotopic (exact) mass is 521 g/mol. The van der Waals surface area contributed by atoms with Gasteiger partial charge < -0.3 is 9.84 Å². The lowest BCUT2D eigenvalue weighted by atomic mass is 10.2. The van der Waals surface area contributed by atoms with Gasteiger partial charge in [-0.3, -0.25) is 14.4 Å². The minimum Gasteiger partial charge on any atom is -0.481 e. The standard InChI is InChI=1S/C18H21F2N5O7S2/c1-32-15-9-14(23-34(30,31)25-7-5-24(6-8-25)10-16(26)27)21-18(22-15)33(28,29)11-12-3-2-4-13(19)17(12)20/h2-4,9H,5-8,10-11H2,1H3,(H,26,27)(H,21,22,23). The van der Waals surface area contributed by atoms with Crippen LogP contribution in [0.25, 0.3) is 0 Å². The van der Waals surface area contributed by atoms with E-state index in [9.17, 15) is 30.4 Å². The molecule has 34 heavy (non-hydrogen) atoms. The molecule has 0 unspecified atom stereocenters. The highest BCUT2D eigenvalue weighted by Gasteiger charge is 2.29. The number of hydrogen-bond acceptors (Lipinski definition) is 9. The highest BCUT2D eigenvalue weighted by Crippen LogP contribution is 2.22. The summed E-state index contributed by atoms with van der Waals surface area (Å²) in [6.07, 6.45) is 0. The fourth-order valence-corrected chi connectivity index (χ4v) is 5.51. The molecule has 0 aliphatic carbocycles. The van der Waals surface area contributed by atoms with Crippen molar-refractivity contribution >= 4 is 31.8 Å². The number of benzene rings is 1. The summed E-state index contributed by atoms with van der Waals surface area (Å²) >= 11 is 0. The van der Waals surface area contributed by atoms with E-state index in [0.717, 1.165) is 28.6 Å². The predicted molar refractivity (Wildman–Crippen MR) is 114 cm³/mol. The number of methoxy groups -OCH3 is 1. The van der Waals surface area contributed by atoms with Gasteiger partial charge in [-0.15, -0.1) is 0 Å². The third-order valence-corrected chi connectivity index (χ3v) is 7.75. The summed E-state index contributed by atoms with van der Waals surface area (Å²) in [7, 11) is -7.44. The maximum Gasteiger partial charge on any atom is 0.317 e. The van der Waals surface area contributed by atoms with Gasteiger partial charge in [-0.1, -0.05) is 12.1 Å². The first-order valence-electron chi connectivity index (χ1n) is 9.72. The maximum atomic E-state index is 14.0. The van der Waals surface area contributed by atoms with Crippen LogP contribution in [0.3, 0.4) is 0 Å². The molecule has 1 aliphatic rings. The molecule has 0 saturated carbocycles. The van der Waals surface area contributed by atoms with E-state index in [2.05, 4.69) is 14.7 Å². The molecule has 1 saturated heterocycles. The molecular weight excluding hydrogens is 500 g/mol. The molecule has 1 fully saturated rings. The van der Waals surface area contributed by atoms with E-state index in [1.54, 1.807) is 4.90 Å². The van der Waals surface area contributed by atoms with Crippen LogP contribution in [0.15, 0.2) is 29.4 Å². The fraction of sp³-hybridized carbons (Fsp3) is 0.389. The van der Waals surface area contributed by atoms with Gasteiger partial charge in [-0.25, -0.2) is 17.2 Å². The number of ether oxygens (including phenoxy) is 1. The topological polar surface area (TPSA) is 159 Å². The lowest BCUT2D eigenvalue weighted by Gasteiger charge is -2.32. The quantitative estimate of drug-likeness (QED) is 0.433. The predicted octanol–water partition coefficient (Wildman–Crippen LogP) is 0.0962. The van der Waals surface area contributed by atoms with Crippen molar-refractivity contribution in [3.05, 3.63) is 41.5 Å². The fourth-order valence-electron chi connectivity index (χ4n) is 3.14. The molecule has 0 spiro atoms. The second-order valence-electron chi connectivity index (χ2n) is 7.23. The minimum atomic E-state index is -4.43. The molecule has 1 aromatic carbocycles. The van der Waals surface area contributed by atoms with Crippen LogP contribution in [0.1, 0.15) is 5.56 Å². The summed E-state index contributed by atoms with van der Waals surface area (Å²) in [5.74, 6) is -5.26. The SMILES string of the molecule is COc1cc(NS(=O)(=O)N2CCN(CC(=O)O)CC2)nc(S(=O)(=O)Cc2cccc(F)c2F)n1. The lowest BCUT2D eigenvalue weighted by Crippen LogP contribution is -2.51. The van der Waals surface area contributed by atoms with Gasteiger partial charge in [0, 0.05) is 37.8 Å². The maximum absolute atomic E-state index is 14.0. The van der Waals surface area contributed by atoms with E-state index in [-0.39, 0.29) is 38.6 Å². The van der Waals surface area contributed by atoms with Crippen LogP contribution in [0.5, 0.6) is 5.88 Å². The van der Waals surface area contributed by atoms with Crippen molar-refractivity contribution < 1.29 is 40.3 Å². The summed E-state index contributed by atoms with van der Waals surface area (Å²) in [5, 5.41) is 8.00. The Balaban J connectivity index is 1.82. The summed E-state index contributed by atoms with van der Waals surface area (Å²) < 4.78 is 86.6. The van der Waals surface area contributed by atoms with Crippen molar-refractivity contribution in [2.75, 3.05) is 44.6 Å². The van der Waals surface area contributed by atoms with Gasteiger partial charge in [0.15, 0.2) is 11.6 Å². The van der Waals surface area contributed by atoms with E-state index in [1.807, 2.05) is 0 Å². The van der Waals surface area contributed by atoms with Crippen LogP contribution in [0.4, 0.5) is 14.6 Å². The van der Waals surface area contributed by atoms with Crippen LogP contribution in [-0.2, 0) is 30.6 Å². The van der Waals surface area contributed by atoms with E-state index in [1.165, 1.54) is 7.11 Å². The van der Waals surface area contributed by atoms with Crippen LogP contribution in [0.2, 0.25) is 0 Å². The zero-order valence-electron chi connectivity index (χ0n) is 17.8. The molecule has 0 radical (unpaired) electrons. The summed E-state index contributed by atoms with van der Waals surface area (Å²) in [6.45, 7) is 0.124. The number of rotatable bonds is 9. The molecule has 1 aromatic heterocycles. The highest BCUT2D eigenvalue weighted by molar-refractivity contribution is 7.90. The van der Waals surface area contributed by atoms with Gasteiger partial charge >= 0.3 is 16.2 Å². The zero-order valence-corrected chi connectivity index (χ0v) is 19.4.